The molecule has 2 aliphatic rings. The number of carbonyl (C=O) groups is 2. The van der Waals surface area contributed by atoms with Gasteiger partial charge in [-0.25, -0.2) is 0 Å². The first kappa shape index (κ1) is 20.0. The van der Waals surface area contributed by atoms with E-state index in [2.05, 4.69) is 21.9 Å². The molecule has 0 spiro atoms. The molecule has 0 atom stereocenters. The van der Waals surface area contributed by atoms with Gasteiger partial charge in [0.15, 0.2) is 0 Å². The van der Waals surface area contributed by atoms with Gasteiger partial charge in [0.25, 0.3) is 11.8 Å². The molecule has 0 N–H and O–H groups in total. The zero-order valence-electron chi connectivity index (χ0n) is 17.5. The second-order valence-electron chi connectivity index (χ2n) is 7.52. The van der Waals surface area contributed by atoms with Crippen molar-refractivity contribution >= 4 is 23.1 Å². The predicted octanol–water partition coefficient (Wildman–Crippen LogP) is 3.01. The summed E-state index contributed by atoms with van der Waals surface area (Å²) < 4.78 is 5.24. The molecule has 0 bridgehead atoms. The second-order valence-corrected chi connectivity index (χ2v) is 7.52. The SMILES string of the molecule is CCCN1C(=O)C(c2ccc(OC)cc2)=C(N2CCN(c3ccccc3)CC2)C1=O. The fourth-order valence-electron chi connectivity index (χ4n) is 4.13. The Kier molecular flexibility index (Phi) is 5.74. The first-order valence-corrected chi connectivity index (χ1v) is 10.4. The Morgan fingerprint density at radius 1 is 0.833 bits per heavy atom. The molecular weight excluding hydrogens is 378 g/mol. The number of hydrogen-bond donors (Lipinski definition) is 0. The van der Waals surface area contributed by atoms with Crippen molar-refractivity contribution in [2.45, 2.75) is 13.3 Å². The van der Waals surface area contributed by atoms with E-state index in [0.717, 1.165) is 30.8 Å². The van der Waals surface area contributed by atoms with E-state index in [-0.39, 0.29) is 11.8 Å². The first-order valence-electron chi connectivity index (χ1n) is 10.4. The molecule has 0 radical (unpaired) electrons. The maximum atomic E-state index is 13.2. The van der Waals surface area contributed by atoms with Gasteiger partial charge in [0, 0.05) is 38.4 Å². The van der Waals surface area contributed by atoms with Gasteiger partial charge < -0.3 is 14.5 Å². The molecule has 2 amide bonds. The van der Waals surface area contributed by atoms with E-state index in [9.17, 15) is 9.59 Å². The fraction of sp³-hybridized carbons (Fsp3) is 0.333. The monoisotopic (exact) mass is 405 g/mol. The van der Waals surface area contributed by atoms with Crippen LogP contribution < -0.4 is 9.64 Å². The Hall–Kier alpha value is -3.28. The molecule has 0 aliphatic carbocycles. The summed E-state index contributed by atoms with van der Waals surface area (Å²) in [6, 6.07) is 17.7. The zero-order valence-corrected chi connectivity index (χ0v) is 17.5. The van der Waals surface area contributed by atoms with Crippen molar-refractivity contribution in [3.63, 3.8) is 0 Å². The molecule has 4 rings (SSSR count). The molecular formula is C24H27N3O3. The number of carbonyl (C=O) groups excluding carboxylic acids is 2. The van der Waals surface area contributed by atoms with E-state index in [1.807, 2.05) is 49.4 Å². The minimum atomic E-state index is -0.201. The van der Waals surface area contributed by atoms with Gasteiger partial charge in [0.05, 0.1) is 12.7 Å². The lowest BCUT2D eigenvalue weighted by atomic mass is 10.0. The molecule has 2 aliphatic heterocycles. The van der Waals surface area contributed by atoms with Crippen LogP contribution in [0.3, 0.4) is 0 Å². The van der Waals surface area contributed by atoms with Gasteiger partial charge >= 0.3 is 0 Å². The Balaban J connectivity index is 1.64. The number of rotatable bonds is 6. The maximum absolute atomic E-state index is 13.2. The summed E-state index contributed by atoms with van der Waals surface area (Å²) >= 11 is 0. The highest BCUT2D eigenvalue weighted by molar-refractivity contribution is 6.35. The molecule has 6 nitrogen and oxygen atoms in total. The second kappa shape index (κ2) is 8.61. The van der Waals surface area contributed by atoms with Crippen LogP contribution in [0, 0.1) is 0 Å². The van der Waals surface area contributed by atoms with Crippen LogP contribution in [-0.4, -0.2) is 61.4 Å². The molecule has 1 fully saturated rings. The Morgan fingerprint density at radius 3 is 2.07 bits per heavy atom. The van der Waals surface area contributed by atoms with E-state index in [1.54, 1.807) is 7.11 Å². The molecule has 1 saturated heterocycles. The lowest BCUT2D eigenvalue weighted by Gasteiger charge is -2.37. The number of piperazine rings is 1. The minimum Gasteiger partial charge on any atom is -0.497 e. The van der Waals surface area contributed by atoms with E-state index in [4.69, 9.17) is 4.74 Å². The highest BCUT2D eigenvalue weighted by atomic mass is 16.5. The summed E-state index contributed by atoms with van der Waals surface area (Å²) in [6.45, 7) is 5.41. The molecule has 30 heavy (non-hydrogen) atoms. The number of nitrogens with zero attached hydrogens (tertiary/aromatic N) is 3. The van der Waals surface area contributed by atoms with E-state index < -0.39 is 0 Å². The van der Waals surface area contributed by atoms with Crippen molar-refractivity contribution in [2.24, 2.45) is 0 Å². The van der Waals surface area contributed by atoms with E-state index in [1.165, 1.54) is 10.6 Å². The van der Waals surface area contributed by atoms with Gasteiger partial charge in [-0.15, -0.1) is 0 Å². The Labute approximate surface area is 177 Å². The van der Waals surface area contributed by atoms with Crippen molar-refractivity contribution in [1.29, 1.82) is 0 Å². The topological polar surface area (TPSA) is 53.1 Å². The summed E-state index contributed by atoms with van der Waals surface area (Å²) in [4.78, 5) is 32.2. The average Bonchev–Trinajstić information content (AvgIpc) is 3.05. The van der Waals surface area contributed by atoms with Gasteiger partial charge in [0.1, 0.15) is 11.4 Å². The number of benzene rings is 2. The number of ether oxygens (including phenoxy) is 1. The normalized spacial score (nSPS) is 17.2. The number of methoxy groups -OCH3 is 1. The molecule has 0 unspecified atom stereocenters. The molecule has 2 heterocycles. The van der Waals surface area contributed by atoms with Crippen LogP contribution in [0.25, 0.3) is 5.57 Å². The van der Waals surface area contributed by atoms with Gasteiger partial charge in [0.2, 0.25) is 0 Å². The van der Waals surface area contributed by atoms with Crippen LogP contribution in [0.15, 0.2) is 60.3 Å². The van der Waals surface area contributed by atoms with Gasteiger partial charge in [-0.3, -0.25) is 14.5 Å². The Bertz CT molecular complexity index is 945. The molecule has 2 aromatic rings. The third kappa shape index (κ3) is 3.65. The van der Waals surface area contributed by atoms with Crippen LogP contribution in [-0.2, 0) is 9.59 Å². The van der Waals surface area contributed by atoms with Crippen molar-refractivity contribution in [3.8, 4) is 5.75 Å². The van der Waals surface area contributed by atoms with Gasteiger partial charge in [-0.2, -0.15) is 0 Å². The highest BCUT2D eigenvalue weighted by Gasteiger charge is 2.41. The molecule has 0 saturated carbocycles. The summed E-state index contributed by atoms with van der Waals surface area (Å²) in [7, 11) is 1.61. The van der Waals surface area contributed by atoms with Crippen LogP contribution in [0.4, 0.5) is 5.69 Å². The fourth-order valence-corrected chi connectivity index (χ4v) is 4.13. The van der Waals surface area contributed by atoms with Crippen molar-refractivity contribution in [2.75, 3.05) is 44.7 Å². The van der Waals surface area contributed by atoms with Crippen LogP contribution in [0.1, 0.15) is 18.9 Å². The number of imide groups is 1. The molecule has 2 aromatic carbocycles. The average molecular weight is 405 g/mol. The zero-order chi connectivity index (χ0) is 21.1. The third-order valence-corrected chi connectivity index (χ3v) is 5.69. The highest BCUT2D eigenvalue weighted by Crippen LogP contribution is 2.33. The van der Waals surface area contributed by atoms with E-state index >= 15 is 0 Å². The van der Waals surface area contributed by atoms with Crippen LogP contribution in [0.5, 0.6) is 5.75 Å². The van der Waals surface area contributed by atoms with Crippen LogP contribution >= 0.6 is 0 Å². The maximum Gasteiger partial charge on any atom is 0.277 e. The standard InChI is InChI=1S/C24H27N3O3/c1-3-13-27-23(28)21(18-9-11-20(30-2)12-10-18)22(24(27)29)26-16-14-25(15-17-26)19-7-5-4-6-8-19/h4-12H,3,13-17H2,1-2H3. The summed E-state index contributed by atoms with van der Waals surface area (Å²) in [5.74, 6) is 0.341. The predicted molar refractivity (Wildman–Crippen MR) is 117 cm³/mol. The summed E-state index contributed by atoms with van der Waals surface area (Å²) in [5, 5.41) is 0. The molecule has 156 valence electrons. The Morgan fingerprint density at radius 2 is 1.47 bits per heavy atom. The quantitative estimate of drug-likeness (QED) is 0.692. The van der Waals surface area contributed by atoms with Crippen LogP contribution in [0.2, 0.25) is 0 Å². The van der Waals surface area contributed by atoms with Crippen molar-refractivity contribution in [1.82, 2.24) is 9.80 Å². The molecule has 0 aromatic heterocycles. The van der Waals surface area contributed by atoms with Crippen molar-refractivity contribution in [3.05, 3.63) is 65.9 Å². The van der Waals surface area contributed by atoms with Gasteiger partial charge in [-0.1, -0.05) is 37.3 Å². The smallest absolute Gasteiger partial charge is 0.277 e. The van der Waals surface area contributed by atoms with Crippen molar-refractivity contribution < 1.29 is 14.3 Å². The minimum absolute atomic E-state index is 0.180. The third-order valence-electron chi connectivity index (χ3n) is 5.69. The van der Waals surface area contributed by atoms with Gasteiger partial charge in [-0.05, 0) is 36.2 Å². The summed E-state index contributed by atoms with van der Waals surface area (Å²) in [5.41, 5.74) is 2.98. The first-order chi connectivity index (χ1) is 14.6. The van der Waals surface area contributed by atoms with E-state index in [0.29, 0.717) is 30.9 Å². The number of para-hydroxylation sites is 1. The largest absolute Gasteiger partial charge is 0.497 e. The summed E-state index contributed by atoms with van der Waals surface area (Å²) in [6.07, 6.45) is 0.739. The number of anilines is 1. The lowest BCUT2D eigenvalue weighted by Crippen LogP contribution is -2.47. The lowest BCUT2D eigenvalue weighted by molar-refractivity contribution is -0.137. The number of amides is 2. The molecule has 6 heteroatoms. The number of hydrogen-bond acceptors (Lipinski definition) is 5.